The summed E-state index contributed by atoms with van der Waals surface area (Å²) in [4.78, 5) is 12.9. The van der Waals surface area contributed by atoms with Crippen LogP contribution < -0.4 is 0 Å². The fraction of sp³-hybridized carbons (Fsp3) is 0.400. The minimum absolute atomic E-state index is 0.0138. The number of aliphatic hydroxyl groups is 1. The van der Waals surface area contributed by atoms with E-state index in [4.69, 9.17) is 4.74 Å². The molecule has 0 radical (unpaired) electrons. The van der Waals surface area contributed by atoms with E-state index in [-0.39, 0.29) is 12.7 Å². The molecule has 0 bridgehead atoms. The summed E-state index contributed by atoms with van der Waals surface area (Å²) in [5.41, 5.74) is 2.89. The number of nitrogens with zero attached hydrogens (tertiary/aromatic N) is 4. The summed E-state index contributed by atoms with van der Waals surface area (Å²) in [5.74, 6) is 0. The van der Waals surface area contributed by atoms with Gasteiger partial charge in [-0.25, -0.2) is 9.97 Å². The predicted octanol–water partition coefficient (Wildman–Crippen LogP) is 1.69. The molecule has 0 aliphatic rings. The molecule has 21 heavy (non-hydrogen) atoms. The molecule has 1 N–H and O–H groups in total. The zero-order valence-electron chi connectivity index (χ0n) is 12.2. The number of hydrogen-bond donors (Lipinski definition) is 1. The highest BCUT2D eigenvalue weighted by molar-refractivity contribution is 6.07. The van der Waals surface area contributed by atoms with Gasteiger partial charge in [0.2, 0.25) is 0 Å². The van der Waals surface area contributed by atoms with Crippen molar-refractivity contribution in [3.63, 3.8) is 0 Å². The van der Waals surface area contributed by atoms with E-state index in [0.29, 0.717) is 13.0 Å². The van der Waals surface area contributed by atoms with Crippen molar-refractivity contribution >= 4 is 21.9 Å². The first-order chi connectivity index (χ1) is 10.3. The SMILES string of the molecule is COC(CO)CCn1c2cnccc2c2c(C)ncnc21. The number of hydrogen-bond acceptors (Lipinski definition) is 5. The third-order valence-corrected chi connectivity index (χ3v) is 3.84. The Kier molecular flexibility index (Phi) is 3.81. The van der Waals surface area contributed by atoms with Crippen LogP contribution in [-0.4, -0.2) is 44.4 Å². The van der Waals surface area contributed by atoms with Gasteiger partial charge in [0.15, 0.2) is 0 Å². The van der Waals surface area contributed by atoms with Crippen LogP contribution in [0.3, 0.4) is 0 Å². The molecular formula is C15H18N4O2. The average Bonchev–Trinajstić information content (AvgIpc) is 2.84. The molecule has 1 atom stereocenters. The Labute approximate surface area is 122 Å². The van der Waals surface area contributed by atoms with Crippen molar-refractivity contribution in [1.29, 1.82) is 0 Å². The lowest BCUT2D eigenvalue weighted by atomic mass is 10.2. The van der Waals surface area contributed by atoms with Crippen molar-refractivity contribution in [3.05, 3.63) is 30.5 Å². The standard InChI is InChI=1S/C15H18N4O2/c1-10-14-12-3-5-16-7-13(12)19(15(14)18-9-17-10)6-4-11(8-20)21-2/h3,5,7,9,11,20H,4,6,8H2,1-2H3. The van der Waals surface area contributed by atoms with Gasteiger partial charge in [-0.05, 0) is 19.4 Å². The summed E-state index contributed by atoms with van der Waals surface area (Å²) in [6, 6.07) is 1.99. The normalized spacial score (nSPS) is 13.1. The zero-order chi connectivity index (χ0) is 14.8. The Hall–Kier alpha value is -2.05. The molecule has 3 heterocycles. The maximum Gasteiger partial charge on any atom is 0.144 e. The lowest BCUT2D eigenvalue weighted by Gasteiger charge is -2.13. The molecule has 6 nitrogen and oxygen atoms in total. The number of ether oxygens (including phenoxy) is 1. The second-order valence-electron chi connectivity index (χ2n) is 5.03. The van der Waals surface area contributed by atoms with Gasteiger partial charge in [-0.2, -0.15) is 0 Å². The van der Waals surface area contributed by atoms with Gasteiger partial charge in [0.25, 0.3) is 0 Å². The minimum Gasteiger partial charge on any atom is -0.394 e. The van der Waals surface area contributed by atoms with Gasteiger partial charge in [-0.1, -0.05) is 0 Å². The maximum atomic E-state index is 9.25. The molecule has 0 aromatic carbocycles. The summed E-state index contributed by atoms with van der Waals surface area (Å²) in [6.07, 6.45) is 5.75. The van der Waals surface area contributed by atoms with Crippen molar-refractivity contribution in [1.82, 2.24) is 19.5 Å². The molecule has 0 saturated carbocycles. The van der Waals surface area contributed by atoms with Gasteiger partial charge < -0.3 is 14.4 Å². The second kappa shape index (κ2) is 5.75. The molecule has 3 rings (SSSR count). The Balaban J connectivity index is 2.13. The van der Waals surface area contributed by atoms with Crippen LogP contribution >= 0.6 is 0 Å². The maximum absolute atomic E-state index is 9.25. The fourth-order valence-electron chi connectivity index (χ4n) is 2.69. The molecule has 0 spiro atoms. The Morgan fingerprint density at radius 3 is 3.00 bits per heavy atom. The van der Waals surface area contributed by atoms with E-state index in [2.05, 4.69) is 19.5 Å². The molecule has 0 fully saturated rings. The average molecular weight is 286 g/mol. The van der Waals surface area contributed by atoms with Crippen molar-refractivity contribution in [3.8, 4) is 0 Å². The second-order valence-corrected chi connectivity index (χ2v) is 5.03. The van der Waals surface area contributed by atoms with Crippen LogP contribution in [0.4, 0.5) is 0 Å². The lowest BCUT2D eigenvalue weighted by Crippen LogP contribution is -2.18. The van der Waals surface area contributed by atoms with Gasteiger partial charge in [-0.3, -0.25) is 4.98 Å². The van der Waals surface area contributed by atoms with Crippen molar-refractivity contribution in [2.75, 3.05) is 13.7 Å². The van der Waals surface area contributed by atoms with E-state index in [1.54, 1.807) is 19.6 Å². The first-order valence-corrected chi connectivity index (χ1v) is 6.93. The molecule has 1 unspecified atom stereocenters. The van der Waals surface area contributed by atoms with Crippen LogP contribution in [0.25, 0.3) is 21.9 Å². The third kappa shape index (κ3) is 2.36. The molecular weight excluding hydrogens is 268 g/mol. The van der Waals surface area contributed by atoms with Gasteiger partial charge in [-0.15, -0.1) is 0 Å². The number of rotatable bonds is 5. The smallest absolute Gasteiger partial charge is 0.144 e. The molecule has 110 valence electrons. The first-order valence-electron chi connectivity index (χ1n) is 6.93. The highest BCUT2D eigenvalue weighted by Gasteiger charge is 2.15. The van der Waals surface area contributed by atoms with E-state index >= 15 is 0 Å². The van der Waals surface area contributed by atoms with Gasteiger partial charge in [0.05, 0.1) is 30.1 Å². The van der Waals surface area contributed by atoms with Crippen LogP contribution in [0.5, 0.6) is 0 Å². The molecule has 6 heteroatoms. The van der Waals surface area contributed by atoms with E-state index in [9.17, 15) is 5.11 Å². The summed E-state index contributed by atoms with van der Waals surface area (Å²) < 4.78 is 7.35. The van der Waals surface area contributed by atoms with Crippen LogP contribution in [0.2, 0.25) is 0 Å². The van der Waals surface area contributed by atoms with E-state index in [1.807, 2.05) is 19.2 Å². The highest BCUT2D eigenvalue weighted by atomic mass is 16.5. The topological polar surface area (TPSA) is 73.1 Å². The Morgan fingerprint density at radius 1 is 1.38 bits per heavy atom. The zero-order valence-corrected chi connectivity index (χ0v) is 12.2. The molecule has 0 saturated heterocycles. The number of aliphatic hydroxyl groups excluding tert-OH is 1. The predicted molar refractivity (Wildman–Crippen MR) is 80.1 cm³/mol. The Bertz CT molecular complexity index is 765. The molecule has 0 amide bonds. The molecule has 0 aliphatic heterocycles. The Morgan fingerprint density at radius 2 is 2.24 bits per heavy atom. The fourth-order valence-corrected chi connectivity index (χ4v) is 2.69. The molecule has 3 aromatic heterocycles. The van der Waals surface area contributed by atoms with Crippen LogP contribution in [0.1, 0.15) is 12.1 Å². The quantitative estimate of drug-likeness (QED) is 0.772. The molecule has 3 aromatic rings. The highest BCUT2D eigenvalue weighted by Crippen LogP contribution is 2.28. The summed E-state index contributed by atoms with van der Waals surface area (Å²) >= 11 is 0. The molecule has 0 aliphatic carbocycles. The number of aromatic nitrogens is 4. The third-order valence-electron chi connectivity index (χ3n) is 3.84. The van der Waals surface area contributed by atoms with Crippen molar-refractivity contribution in [2.24, 2.45) is 0 Å². The summed E-state index contributed by atoms with van der Waals surface area (Å²) in [7, 11) is 1.61. The largest absolute Gasteiger partial charge is 0.394 e. The van der Waals surface area contributed by atoms with Gasteiger partial charge in [0.1, 0.15) is 12.0 Å². The lowest BCUT2D eigenvalue weighted by molar-refractivity contribution is 0.0407. The monoisotopic (exact) mass is 286 g/mol. The van der Waals surface area contributed by atoms with Crippen LogP contribution in [-0.2, 0) is 11.3 Å². The van der Waals surface area contributed by atoms with E-state index in [0.717, 1.165) is 27.6 Å². The van der Waals surface area contributed by atoms with Crippen LogP contribution in [0.15, 0.2) is 24.8 Å². The van der Waals surface area contributed by atoms with Gasteiger partial charge in [0, 0.05) is 30.6 Å². The first kappa shape index (κ1) is 13.9. The number of fused-ring (bicyclic) bond motifs is 3. The van der Waals surface area contributed by atoms with E-state index in [1.165, 1.54) is 0 Å². The number of aryl methyl sites for hydroxylation is 2. The summed E-state index contributed by atoms with van der Waals surface area (Å²) in [6.45, 7) is 2.71. The van der Waals surface area contributed by atoms with Crippen molar-refractivity contribution in [2.45, 2.75) is 26.0 Å². The number of pyridine rings is 1. The number of methoxy groups -OCH3 is 1. The van der Waals surface area contributed by atoms with Gasteiger partial charge >= 0.3 is 0 Å². The summed E-state index contributed by atoms with van der Waals surface area (Å²) in [5, 5.41) is 11.4. The minimum atomic E-state index is -0.169. The van der Waals surface area contributed by atoms with E-state index < -0.39 is 0 Å². The van der Waals surface area contributed by atoms with Crippen LogP contribution in [0, 0.1) is 6.92 Å². The van der Waals surface area contributed by atoms with Crippen molar-refractivity contribution < 1.29 is 9.84 Å².